The van der Waals surface area contributed by atoms with Crippen molar-refractivity contribution in [3.05, 3.63) is 533 Å². The lowest BCUT2D eigenvalue weighted by Crippen LogP contribution is -2.17. The Bertz CT molecular complexity index is 8700. The lowest BCUT2D eigenvalue weighted by molar-refractivity contribution is 0.660. The van der Waals surface area contributed by atoms with Crippen molar-refractivity contribution in [2.75, 3.05) is 19.6 Å². The predicted octanol–water partition coefficient (Wildman–Crippen LogP) is 40.7. The number of rotatable bonds is 19. The number of anilines is 12. The van der Waals surface area contributed by atoms with Crippen LogP contribution in [-0.4, -0.2) is 0 Å². The van der Waals surface area contributed by atoms with Crippen LogP contribution in [0.4, 0.5) is 68.2 Å². The minimum atomic E-state index is -0.249. The van der Waals surface area contributed by atoms with Gasteiger partial charge in [-0.3, -0.25) is 0 Å². The van der Waals surface area contributed by atoms with Crippen LogP contribution in [0.25, 0.3) is 170 Å². The molecule has 4 aromatic heterocycles. The quantitative estimate of drug-likeness (QED) is 0.0800. The van der Waals surface area contributed by atoms with E-state index >= 15 is 0 Å². The summed E-state index contributed by atoms with van der Waals surface area (Å²) < 4.78 is 10.6. The van der Waals surface area contributed by atoms with Gasteiger partial charge in [0.2, 0.25) is 0 Å². The van der Waals surface area contributed by atoms with E-state index in [9.17, 15) is 0 Å². The first-order chi connectivity index (χ1) is 70.6. The third kappa shape index (κ3) is 16.1. The first kappa shape index (κ1) is 86.3. The summed E-state index contributed by atoms with van der Waals surface area (Å²) >= 11 is 7.48. The van der Waals surface area contributed by atoms with Gasteiger partial charge >= 0.3 is 0 Å². The molecule has 676 valence electrons. The van der Waals surface area contributed by atoms with Gasteiger partial charge in [-0.25, -0.2) is 0 Å². The second-order valence-electron chi connectivity index (χ2n) is 37.4. The van der Waals surface area contributed by atoms with E-state index in [1.54, 1.807) is 0 Å². The molecular formula is C135H92N4S4. The Morgan fingerprint density at radius 2 is 0.357 bits per heavy atom. The summed E-state index contributed by atoms with van der Waals surface area (Å²) in [6.07, 6.45) is 0. The Hall–Kier alpha value is -17.1. The summed E-state index contributed by atoms with van der Waals surface area (Å²) in [7, 11) is 0. The van der Waals surface area contributed by atoms with Gasteiger partial charge in [0, 0.05) is 154 Å². The number of thiophene rings is 4. The SMILES string of the molecule is CC1(C)c2cc(N(c3ccccc3)c3ccc(-c4cccc5c4sc4ccccc45)cc3)ccc2-c2ccc(N(c3ccccc3)c3ccc(-c4cccc5c4sc4ccccc45)cc3)cc21.c1ccc(-c2ccc(N(c3ccc(-c4ccc(N(c5ccc(-c6ccccc6)cc5)c5ccc(-c6ccc7sc8ccccc8c7c6)cc5)cc4)cc3)c3ccc(-c4ccc5sc6ccccc6c5c4)cc3)cc2)cc1. The highest BCUT2D eigenvalue weighted by molar-refractivity contribution is 7.27. The fraction of sp³-hybridized carbons (Fsp3) is 0.0222. The largest absolute Gasteiger partial charge is 0.311 e. The maximum atomic E-state index is 2.43. The van der Waals surface area contributed by atoms with Crippen LogP contribution in [0.2, 0.25) is 0 Å². The minimum Gasteiger partial charge on any atom is -0.311 e. The molecule has 8 heteroatoms. The monoisotopic (exact) mass is 1900 g/mol. The van der Waals surface area contributed by atoms with Gasteiger partial charge in [-0.15, -0.1) is 45.3 Å². The van der Waals surface area contributed by atoms with Gasteiger partial charge in [-0.2, -0.15) is 0 Å². The van der Waals surface area contributed by atoms with Crippen LogP contribution in [0.15, 0.2) is 522 Å². The fourth-order valence-electron chi connectivity index (χ4n) is 21.4. The second kappa shape index (κ2) is 36.6. The standard InChI is InChI=1S/C72H48N2S2.C63H44N2S2/c1-3-11-49(12-4-1)51-19-33-59(34-20-51)73(63-41-27-55(28-42-63)57-31-45-71-67(47-57)65-15-7-9-17-69(65)75-71)61-37-23-53(24-38-61)54-25-39-62(40-26-54)74(60-35-21-52(22-36-60)50-13-5-2-6-14-50)64-43-29-56(30-44-64)58-32-46-72-68(48-58)66-16-8-10-18-70(66)76-72;1-63(2)57-39-47(64(43-15-5-3-6-16-43)45-31-27-41(28-32-45)49-21-13-23-55-53-19-9-11-25-59(53)66-61(49)55)35-37-51(57)52-38-36-48(40-58(52)63)65(44-17-7-4-8-18-44)46-33-29-42(30-34-46)50-22-14-24-56-54-20-10-12-26-60(54)67-62(50)56/h1-48H;3-40H,1-2H3. The van der Waals surface area contributed by atoms with Crippen LogP contribution < -0.4 is 19.6 Å². The molecule has 1 aliphatic rings. The molecule has 0 fully saturated rings. The minimum absolute atomic E-state index is 0.249. The maximum Gasteiger partial charge on any atom is 0.0465 e. The summed E-state index contributed by atoms with van der Waals surface area (Å²) in [5, 5.41) is 10.5. The normalized spacial score (nSPS) is 12.0. The Balaban J connectivity index is 0.000000147. The highest BCUT2D eigenvalue weighted by Gasteiger charge is 2.37. The van der Waals surface area contributed by atoms with Crippen LogP contribution in [0.1, 0.15) is 25.0 Å². The van der Waals surface area contributed by atoms with Gasteiger partial charge in [-0.1, -0.05) is 341 Å². The van der Waals surface area contributed by atoms with Gasteiger partial charge in [0.05, 0.1) is 0 Å². The fourth-order valence-corrected chi connectivity index (χ4v) is 26.0. The van der Waals surface area contributed by atoms with Gasteiger partial charge in [0.1, 0.15) is 0 Å². The molecule has 27 rings (SSSR count). The van der Waals surface area contributed by atoms with Gasteiger partial charge in [-0.05, 0) is 294 Å². The number of nitrogens with zero attached hydrogens (tertiary/aromatic N) is 4. The van der Waals surface area contributed by atoms with Crippen molar-refractivity contribution in [3.8, 4) is 89.0 Å². The third-order valence-electron chi connectivity index (χ3n) is 28.6. The predicted molar refractivity (Wildman–Crippen MR) is 619 cm³/mol. The van der Waals surface area contributed by atoms with Gasteiger partial charge in [0.25, 0.3) is 0 Å². The Kier molecular flexibility index (Phi) is 22.1. The van der Waals surface area contributed by atoms with Crippen LogP contribution in [-0.2, 0) is 5.41 Å². The molecule has 0 N–H and O–H groups in total. The van der Waals surface area contributed by atoms with Crippen LogP contribution in [0, 0.1) is 0 Å². The van der Waals surface area contributed by atoms with E-state index in [0.717, 1.165) is 79.4 Å². The first-order valence-electron chi connectivity index (χ1n) is 48.8. The van der Waals surface area contributed by atoms with Gasteiger partial charge < -0.3 is 19.6 Å². The molecule has 0 amide bonds. The highest BCUT2D eigenvalue weighted by Crippen LogP contribution is 2.55. The van der Waals surface area contributed by atoms with Crippen LogP contribution >= 0.6 is 45.3 Å². The maximum absolute atomic E-state index is 2.43. The van der Waals surface area contributed by atoms with Crippen molar-refractivity contribution in [1.82, 2.24) is 0 Å². The highest BCUT2D eigenvalue weighted by atomic mass is 32.1. The molecule has 0 saturated carbocycles. The molecule has 0 saturated heterocycles. The van der Waals surface area contributed by atoms with Gasteiger partial charge in [0.15, 0.2) is 0 Å². The zero-order valence-corrected chi connectivity index (χ0v) is 81.8. The van der Waals surface area contributed by atoms with Crippen molar-refractivity contribution >= 4 is 194 Å². The Morgan fingerprint density at radius 1 is 0.140 bits per heavy atom. The summed E-state index contributed by atoms with van der Waals surface area (Å²) in [4.78, 5) is 9.51. The summed E-state index contributed by atoms with van der Waals surface area (Å²) in [6.45, 7) is 4.77. The van der Waals surface area contributed by atoms with E-state index in [-0.39, 0.29) is 5.41 Å². The molecule has 22 aromatic carbocycles. The van der Waals surface area contributed by atoms with Crippen molar-refractivity contribution < 1.29 is 0 Å². The first-order valence-corrected chi connectivity index (χ1v) is 52.0. The molecule has 4 nitrogen and oxygen atoms in total. The Labute approximate surface area is 848 Å². The van der Waals surface area contributed by atoms with E-state index in [4.69, 9.17) is 0 Å². The van der Waals surface area contributed by atoms with Crippen LogP contribution in [0.3, 0.4) is 0 Å². The van der Waals surface area contributed by atoms with Crippen molar-refractivity contribution in [1.29, 1.82) is 0 Å². The lowest BCUT2D eigenvalue weighted by atomic mass is 9.82. The molecule has 0 unspecified atom stereocenters. The van der Waals surface area contributed by atoms with Crippen molar-refractivity contribution in [3.63, 3.8) is 0 Å². The molecular weight excluding hydrogens is 1810 g/mol. The molecule has 143 heavy (non-hydrogen) atoms. The van der Waals surface area contributed by atoms with E-state index in [2.05, 4.69) is 555 Å². The molecule has 0 aliphatic heterocycles. The number of para-hydroxylation sites is 2. The summed E-state index contributed by atoms with van der Waals surface area (Å²) in [5.74, 6) is 0. The number of hydrogen-bond acceptors (Lipinski definition) is 8. The molecule has 0 radical (unpaired) electrons. The molecule has 1 aliphatic carbocycles. The Morgan fingerprint density at radius 3 is 0.671 bits per heavy atom. The van der Waals surface area contributed by atoms with E-state index < -0.39 is 0 Å². The molecule has 0 spiro atoms. The smallest absolute Gasteiger partial charge is 0.0465 e. The molecule has 26 aromatic rings. The van der Waals surface area contributed by atoms with Crippen molar-refractivity contribution in [2.24, 2.45) is 0 Å². The van der Waals surface area contributed by atoms with E-state index in [1.807, 2.05) is 45.3 Å². The van der Waals surface area contributed by atoms with E-state index in [1.165, 1.54) is 170 Å². The second-order valence-corrected chi connectivity index (χ2v) is 41.7. The molecule has 0 bridgehead atoms. The number of benzene rings is 22. The van der Waals surface area contributed by atoms with Crippen molar-refractivity contribution in [2.45, 2.75) is 19.3 Å². The van der Waals surface area contributed by atoms with E-state index in [0.29, 0.717) is 0 Å². The molecule has 0 atom stereocenters. The average Bonchev–Trinajstić information content (AvgIpc) is 1.56. The number of fused-ring (bicyclic) bond motifs is 15. The topological polar surface area (TPSA) is 13.0 Å². The zero-order chi connectivity index (χ0) is 95.0. The summed E-state index contributed by atoms with van der Waals surface area (Å²) in [6, 6.07) is 191. The van der Waals surface area contributed by atoms with Crippen LogP contribution in [0.5, 0.6) is 0 Å². The average molecular weight is 1900 g/mol. The third-order valence-corrected chi connectivity index (χ3v) is 33.3. The number of hydrogen-bond donors (Lipinski definition) is 0. The lowest BCUT2D eigenvalue weighted by Gasteiger charge is -2.29. The molecule has 4 heterocycles. The summed E-state index contributed by atoms with van der Waals surface area (Å²) in [5.41, 5.74) is 35.2. The zero-order valence-electron chi connectivity index (χ0n) is 78.6.